The van der Waals surface area contributed by atoms with Crippen LogP contribution in [0.4, 0.5) is 0 Å². The number of benzene rings is 2. The van der Waals surface area contributed by atoms with Gasteiger partial charge >= 0.3 is 0 Å². The van der Waals surface area contributed by atoms with Gasteiger partial charge in [-0.2, -0.15) is 0 Å². The first-order valence-electron chi connectivity index (χ1n) is 6.68. The third kappa shape index (κ3) is 1.99. The molecule has 22 heavy (non-hydrogen) atoms. The molecule has 0 saturated carbocycles. The van der Waals surface area contributed by atoms with Crippen molar-refractivity contribution in [2.75, 3.05) is 6.79 Å². The van der Waals surface area contributed by atoms with Gasteiger partial charge in [0.25, 0.3) is 11.8 Å². The number of halogens is 1. The fraction of sp³-hybridized carbons (Fsp3) is 0.125. The molecule has 0 unspecified atom stereocenters. The van der Waals surface area contributed by atoms with Gasteiger partial charge in [0.2, 0.25) is 6.79 Å². The highest BCUT2D eigenvalue weighted by Crippen LogP contribution is 2.34. The van der Waals surface area contributed by atoms with Gasteiger partial charge in [0.1, 0.15) is 0 Å². The minimum absolute atomic E-state index is 0.194. The summed E-state index contributed by atoms with van der Waals surface area (Å²) in [5.41, 5.74) is 1.69. The Labute approximate surface area is 134 Å². The number of amides is 2. The fourth-order valence-electron chi connectivity index (χ4n) is 2.63. The Balaban J connectivity index is 1.64. The van der Waals surface area contributed by atoms with Gasteiger partial charge in [0.05, 0.1) is 17.7 Å². The lowest BCUT2D eigenvalue weighted by Gasteiger charge is -2.14. The normalized spacial score (nSPS) is 15.4. The molecule has 0 aromatic heterocycles. The number of hydrogen-bond donors (Lipinski definition) is 0. The third-order valence-electron chi connectivity index (χ3n) is 3.71. The van der Waals surface area contributed by atoms with Crippen LogP contribution in [0.25, 0.3) is 0 Å². The summed E-state index contributed by atoms with van der Waals surface area (Å²) < 4.78 is 11.3. The minimum atomic E-state index is -0.279. The number of rotatable bonds is 2. The molecule has 6 heteroatoms. The molecule has 110 valence electrons. The summed E-state index contributed by atoms with van der Waals surface area (Å²) in [5, 5.41) is 0. The second-order valence-electron chi connectivity index (χ2n) is 5.07. The Bertz CT molecular complexity index is 818. The molecule has 0 atom stereocenters. The van der Waals surface area contributed by atoms with Crippen molar-refractivity contribution in [2.45, 2.75) is 6.54 Å². The molecular weight excluding hydrogens is 350 g/mol. The van der Waals surface area contributed by atoms with Gasteiger partial charge in [-0.25, -0.2) is 0 Å². The molecular formula is C16H10BrNO4. The Morgan fingerprint density at radius 2 is 1.73 bits per heavy atom. The van der Waals surface area contributed by atoms with Crippen LogP contribution in [-0.2, 0) is 6.54 Å². The summed E-state index contributed by atoms with van der Waals surface area (Å²) in [7, 11) is 0. The van der Waals surface area contributed by atoms with E-state index in [4.69, 9.17) is 9.47 Å². The van der Waals surface area contributed by atoms with Gasteiger partial charge in [-0.15, -0.1) is 0 Å². The molecule has 2 heterocycles. The van der Waals surface area contributed by atoms with Gasteiger partial charge in [-0.3, -0.25) is 14.5 Å². The predicted molar refractivity (Wildman–Crippen MR) is 80.9 cm³/mol. The second-order valence-corrected chi connectivity index (χ2v) is 5.99. The van der Waals surface area contributed by atoms with Crippen LogP contribution in [0.5, 0.6) is 11.5 Å². The number of hydrogen-bond acceptors (Lipinski definition) is 4. The van der Waals surface area contributed by atoms with Crippen LogP contribution >= 0.6 is 15.9 Å². The SMILES string of the molecule is O=C1c2ccc(Br)cc2C(=O)N1Cc1ccc2c(c1)OCO2. The fourth-order valence-corrected chi connectivity index (χ4v) is 2.99. The molecule has 5 nitrogen and oxygen atoms in total. The van der Waals surface area contributed by atoms with E-state index in [9.17, 15) is 9.59 Å². The molecule has 0 fully saturated rings. The molecule has 0 saturated heterocycles. The summed E-state index contributed by atoms with van der Waals surface area (Å²) in [6.45, 7) is 0.403. The smallest absolute Gasteiger partial charge is 0.261 e. The number of carbonyl (C=O) groups is 2. The molecule has 0 radical (unpaired) electrons. The molecule has 0 N–H and O–H groups in total. The molecule has 2 aromatic rings. The Morgan fingerprint density at radius 1 is 0.955 bits per heavy atom. The Morgan fingerprint density at radius 3 is 2.59 bits per heavy atom. The van der Waals surface area contributed by atoms with Gasteiger partial charge in [-0.05, 0) is 35.9 Å². The lowest BCUT2D eigenvalue weighted by molar-refractivity contribution is 0.0642. The van der Waals surface area contributed by atoms with Crippen LogP contribution < -0.4 is 9.47 Å². The predicted octanol–water partition coefficient (Wildman–Crippen LogP) is 2.97. The van der Waals surface area contributed by atoms with E-state index in [0.717, 1.165) is 10.0 Å². The van der Waals surface area contributed by atoms with Crippen LogP contribution in [0, 0.1) is 0 Å². The molecule has 0 bridgehead atoms. The molecule has 2 amide bonds. The molecule has 2 aromatic carbocycles. The van der Waals surface area contributed by atoms with Crippen LogP contribution in [0.1, 0.15) is 26.3 Å². The number of imide groups is 1. The highest BCUT2D eigenvalue weighted by Gasteiger charge is 2.35. The maximum absolute atomic E-state index is 12.4. The van der Waals surface area contributed by atoms with Crippen LogP contribution in [0.2, 0.25) is 0 Å². The lowest BCUT2D eigenvalue weighted by atomic mass is 10.1. The standard InChI is InChI=1S/C16H10BrNO4/c17-10-2-3-11-12(6-10)16(20)18(15(11)19)7-9-1-4-13-14(5-9)22-8-21-13/h1-6H,7-8H2. The van der Waals surface area contributed by atoms with Crippen molar-refractivity contribution >= 4 is 27.7 Å². The van der Waals surface area contributed by atoms with Crippen molar-refractivity contribution in [3.8, 4) is 11.5 Å². The van der Waals surface area contributed by atoms with Gasteiger partial charge in [-0.1, -0.05) is 22.0 Å². The maximum Gasteiger partial charge on any atom is 0.261 e. The quantitative estimate of drug-likeness (QED) is 0.773. The van der Waals surface area contributed by atoms with Crippen molar-refractivity contribution < 1.29 is 19.1 Å². The molecule has 2 aliphatic heterocycles. The largest absolute Gasteiger partial charge is 0.454 e. The maximum atomic E-state index is 12.4. The van der Waals surface area contributed by atoms with Crippen molar-refractivity contribution in [3.05, 3.63) is 57.6 Å². The average molecular weight is 360 g/mol. The zero-order chi connectivity index (χ0) is 15.3. The molecule has 4 rings (SSSR count). The van der Waals surface area contributed by atoms with Crippen molar-refractivity contribution in [1.82, 2.24) is 4.90 Å². The minimum Gasteiger partial charge on any atom is -0.454 e. The number of nitrogens with zero attached hydrogens (tertiary/aromatic N) is 1. The van der Waals surface area contributed by atoms with Crippen LogP contribution in [0.3, 0.4) is 0 Å². The summed E-state index contributed by atoms with van der Waals surface area (Å²) in [6.07, 6.45) is 0. The van der Waals surface area contributed by atoms with E-state index in [1.54, 1.807) is 30.3 Å². The van der Waals surface area contributed by atoms with E-state index < -0.39 is 0 Å². The van der Waals surface area contributed by atoms with Crippen molar-refractivity contribution in [1.29, 1.82) is 0 Å². The van der Waals surface area contributed by atoms with E-state index in [1.807, 2.05) is 6.07 Å². The Hall–Kier alpha value is -2.34. The zero-order valence-corrected chi connectivity index (χ0v) is 12.9. The average Bonchev–Trinajstić information content (AvgIpc) is 3.06. The van der Waals surface area contributed by atoms with Crippen LogP contribution in [0.15, 0.2) is 40.9 Å². The summed E-state index contributed by atoms with van der Waals surface area (Å²) in [5.74, 6) is 0.760. The van der Waals surface area contributed by atoms with Gasteiger partial charge in [0, 0.05) is 4.47 Å². The first-order valence-corrected chi connectivity index (χ1v) is 7.47. The van der Waals surface area contributed by atoms with E-state index in [-0.39, 0.29) is 25.2 Å². The molecule has 0 aliphatic carbocycles. The summed E-state index contributed by atoms with van der Waals surface area (Å²) in [4.78, 5) is 26.1. The first kappa shape index (κ1) is 13.3. The summed E-state index contributed by atoms with van der Waals surface area (Å²) >= 11 is 3.32. The van der Waals surface area contributed by atoms with Crippen molar-refractivity contribution in [2.24, 2.45) is 0 Å². The lowest BCUT2D eigenvalue weighted by Crippen LogP contribution is -2.29. The zero-order valence-electron chi connectivity index (χ0n) is 11.3. The number of ether oxygens (including phenoxy) is 2. The number of carbonyl (C=O) groups excluding carboxylic acids is 2. The first-order chi connectivity index (χ1) is 10.6. The van der Waals surface area contributed by atoms with E-state index >= 15 is 0 Å². The monoisotopic (exact) mass is 359 g/mol. The second kappa shape index (κ2) is 4.84. The van der Waals surface area contributed by atoms with E-state index in [0.29, 0.717) is 22.6 Å². The highest BCUT2D eigenvalue weighted by molar-refractivity contribution is 9.10. The van der Waals surface area contributed by atoms with E-state index in [1.165, 1.54) is 4.90 Å². The number of fused-ring (bicyclic) bond motifs is 2. The molecule has 0 spiro atoms. The topological polar surface area (TPSA) is 55.8 Å². The van der Waals surface area contributed by atoms with Gasteiger partial charge in [0.15, 0.2) is 11.5 Å². The van der Waals surface area contributed by atoms with Gasteiger partial charge < -0.3 is 9.47 Å². The third-order valence-corrected chi connectivity index (χ3v) is 4.20. The van der Waals surface area contributed by atoms with Crippen molar-refractivity contribution in [3.63, 3.8) is 0 Å². The molecule has 2 aliphatic rings. The Kier molecular flexibility index (Phi) is 2.94. The summed E-state index contributed by atoms with van der Waals surface area (Å²) in [6, 6.07) is 10.5. The van der Waals surface area contributed by atoms with Crippen LogP contribution in [-0.4, -0.2) is 23.5 Å². The highest BCUT2D eigenvalue weighted by atomic mass is 79.9. The van der Waals surface area contributed by atoms with E-state index in [2.05, 4.69) is 15.9 Å².